The number of anilines is 2. The van der Waals surface area contributed by atoms with Gasteiger partial charge in [0.1, 0.15) is 0 Å². The van der Waals surface area contributed by atoms with E-state index in [2.05, 4.69) is 9.98 Å². The van der Waals surface area contributed by atoms with Crippen LogP contribution in [-0.4, -0.2) is 22.8 Å². The van der Waals surface area contributed by atoms with Crippen LogP contribution < -0.4 is 4.90 Å². The maximum Gasteiger partial charge on any atom is 0.363 e. The van der Waals surface area contributed by atoms with Crippen LogP contribution in [0.5, 0.6) is 0 Å². The summed E-state index contributed by atoms with van der Waals surface area (Å²) in [6.45, 7) is 7.47. The summed E-state index contributed by atoms with van der Waals surface area (Å²) >= 11 is 1.32. The molecule has 0 spiro atoms. The molecule has 1 aliphatic heterocycles. The Hall–Kier alpha value is -3.58. The average Bonchev–Trinajstić information content (AvgIpc) is 3.32. The Bertz CT molecular complexity index is 1260. The summed E-state index contributed by atoms with van der Waals surface area (Å²) in [7, 11) is 0. The highest BCUT2D eigenvalue weighted by Gasteiger charge is 2.26. The van der Waals surface area contributed by atoms with Gasteiger partial charge in [0.2, 0.25) is 11.8 Å². The van der Waals surface area contributed by atoms with Crippen molar-refractivity contribution in [3.8, 4) is 0 Å². The van der Waals surface area contributed by atoms with E-state index in [1.54, 1.807) is 16.4 Å². The van der Waals surface area contributed by atoms with Crippen LogP contribution in [0.25, 0.3) is 6.08 Å². The fourth-order valence-corrected chi connectivity index (χ4v) is 4.06. The number of cyclic esters (lactones) is 1. The molecule has 1 amide bonds. The summed E-state index contributed by atoms with van der Waals surface area (Å²) in [5, 5.41) is 2.31. The second kappa shape index (κ2) is 8.28. The summed E-state index contributed by atoms with van der Waals surface area (Å²) in [5.41, 5.74) is 5.46. The molecule has 0 saturated carbocycles. The van der Waals surface area contributed by atoms with Crippen molar-refractivity contribution in [1.29, 1.82) is 0 Å². The lowest BCUT2D eigenvalue weighted by Gasteiger charge is -2.19. The van der Waals surface area contributed by atoms with Gasteiger partial charge < -0.3 is 4.74 Å². The number of hydrogen-bond acceptors (Lipinski definition) is 6. The molecule has 0 fully saturated rings. The van der Waals surface area contributed by atoms with Crippen LogP contribution in [0.15, 0.2) is 58.5 Å². The molecule has 0 N–H and O–H groups in total. The number of esters is 1. The molecule has 0 aliphatic carbocycles. The molecule has 0 atom stereocenters. The number of amides is 1. The molecular weight excluding hydrogens is 410 g/mol. The number of carbonyl (C=O) groups excluding carboxylic acids is 2. The number of aliphatic imine (C=N–C) groups is 1. The van der Waals surface area contributed by atoms with Crippen molar-refractivity contribution in [2.24, 2.45) is 4.99 Å². The molecule has 6 nitrogen and oxygen atoms in total. The highest BCUT2D eigenvalue weighted by Crippen LogP contribution is 2.31. The molecule has 31 heavy (non-hydrogen) atoms. The predicted molar refractivity (Wildman–Crippen MR) is 123 cm³/mol. The van der Waals surface area contributed by atoms with Crippen LogP contribution in [0.3, 0.4) is 0 Å². The second-order valence-corrected chi connectivity index (χ2v) is 8.17. The Kier molecular flexibility index (Phi) is 5.52. The van der Waals surface area contributed by atoms with Gasteiger partial charge in [-0.3, -0.25) is 9.69 Å². The van der Waals surface area contributed by atoms with Gasteiger partial charge in [-0.1, -0.05) is 24.3 Å². The van der Waals surface area contributed by atoms with E-state index in [0.717, 1.165) is 27.9 Å². The first-order valence-electron chi connectivity index (χ1n) is 9.75. The van der Waals surface area contributed by atoms with Crippen molar-refractivity contribution >= 4 is 46.0 Å². The summed E-state index contributed by atoms with van der Waals surface area (Å²) in [6.07, 6.45) is 1.58. The normalized spacial score (nSPS) is 14.5. The molecule has 0 unspecified atom stereocenters. The number of benzene rings is 2. The van der Waals surface area contributed by atoms with Gasteiger partial charge in [-0.15, -0.1) is 11.3 Å². The number of aryl methyl sites for hydroxylation is 3. The molecule has 1 aromatic heterocycles. The molecule has 2 heterocycles. The smallest absolute Gasteiger partial charge is 0.363 e. The number of aromatic nitrogens is 1. The number of ether oxygens (including phenoxy) is 1. The molecular formula is C24H21N3O3S. The van der Waals surface area contributed by atoms with Crippen LogP contribution in [0.2, 0.25) is 0 Å². The number of carbonyl (C=O) groups is 2. The average molecular weight is 432 g/mol. The van der Waals surface area contributed by atoms with E-state index in [9.17, 15) is 9.59 Å². The van der Waals surface area contributed by atoms with Crippen LogP contribution in [-0.2, 0) is 14.3 Å². The third kappa shape index (κ3) is 4.18. The van der Waals surface area contributed by atoms with E-state index >= 15 is 0 Å². The Morgan fingerprint density at radius 2 is 1.84 bits per heavy atom. The highest BCUT2D eigenvalue weighted by molar-refractivity contribution is 7.14. The number of thiazole rings is 1. The first-order valence-corrected chi connectivity index (χ1v) is 10.6. The van der Waals surface area contributed by atoms with Gasteiger partial charge in [-0.25, -0.2) is 14.8 Å². The SMILES string of the molecule is CC(=O)N(c1ccc(C)c(C)c1)c1nc(/C=C2\N=C(c3ccccc3C)OC2=O)cs1. The predicted octanol–water partition coefficient (Wildman–Crippen LogP) is 5.10. The van der Waals surface area contributed by atoms with Crippen molar-refractivity contribution in [1.82, 2.24) is 4.98 Å². The van der Waals surface area contributed by atoms with Gasteiger partial charge in [-0.05, 0) is 61.7 Å². The van der Waals surface area contributed by atoms with Gasteiger partial charge in [0.25, 0.3) is 0 Å². The fraction of sp³-hybridized carbons (Fsp3) is 0.167. The van der Waals surface area contributed by atoms with Crippen molar-refractivity contribution in [3.63, 3.8) is 0 Å². The Balaban J connectivity index is 1.65. The highest BCUT2D eigenvalue weighted by atomic mass is 32.1. The number of nitrogens with zero attached hydrogens (tertiary/aromatic N) is 3. The zero-order valence-corrected chi connectivity index (χ0v) is 18.5. The zero-order valence-electron chi connectivity index (χ0n) is 17.7. The van der Waals surface area contributed by atoms with Crippen molar-refractivity contribution in [2.45, 2.75) is 27.7 Å². The molecule has 0 radical (unpaired) electrons. The Labute approximate surface area is 184 Å². The van der Waals surface area contributed by atoms with Gasteiger partial charge in [-0.2, -0.15) is 0 Å². The molecule has 7 heteroatoms. The summed E-state index contributed by atoms with van der Waals surface area (Å²) in [4.78, 5) is 35.1. The number of hydrogen-bond donors (Lipinski definition) is 0. The third-order valence-electron chi connectivity index (χ3n) is 5.05. The maximum absolute atomic E-state index is 12.4. The molecule has 2 aromatic carbocycles. The van der Waals surface area contributed by atoms with Gasteiger partial charge >= 0.3 is 5.97 Å². The first-order chi connectivity index (χ1) is 14.8. The second-order valence-electron chi connectivity index (χ2n) is 7.33. The molecule has 0 bridgehead atoms. The van der Waals surface area contributed by atoms with E-state index in [4.69, 9.17) is 4.74 Å². The number of rotatable bonds is 4. The Morgan fingerprint density at radius 3 is 2.55 bits per heavy atom. The fourth-order valence-electron chi connectivity index (χ4n) is 3.21. The van der Waals surface area contributed by atoms with Gasteiger partial charge in [0, 0.05) is 17.9 Å². The van der Waals surface area contributed by atoms with Crippen LogP contribution >= 0.6 is 11.3 Å². The maximum atomic E-state index is 12.4. The molecule has 0 saturated heterocycles. The minimum atomic E-state index is -0.523. The van der Waals surface area contributed by atoms with Crippen LogP contribution in [0.1, 0.15) is 34.9 Å². The quantitative estimate of drug-likeness (QED) is 0.426. The third-order valence-corrected chi connectivity index (χ3v) is 5.89. The Morgan fingerprint density at radius 1 is 1.06 bits per heavy atom. The van der Waals surface area contributed by atoms with E-state index in [1.807, 2.05) is 63.2 Å². The minimum absolute atomic E-state index is 0.142. The minimum Gasteiger partial charge on any atom is -0.402 e. The van der Waals surface area contributed by atoms with E-state index < -0.39 is 5.97 Å². The van der Waals surface area contributed by atoms with Crippen molar-refractivity contribution in [3.05, 3.63) is 81.5 Å². The van der Waals surface area contributed by atoms with Crippen molar-refractivity contribution < 1.29 is 14.3 Å². The first kappa shape index (κ1) is 20.7. The lowest BCUT2D eigenvalue weighted by atomic mass is 10.1. The van der Waals surface area contributed by atoms with Crippen molar-refractivity contribution in [2.75, 3.05) is 4.90 Å². The zero-order chi connectivity index (χ0) is 22.1. The van der Waals surface area contributed by atoms with Crippen LogP contribution in [0, 0.1) is 20.8 Å². The largest absolute Gasteiger partial charge is 0.402 e. The lowest BCUT2D eigenvalue weighted by Crippen LogP contribution is -2.22. The molecule has 4 rings (SSSR count). The van der Waals surface area contributed by atoms with Crippen LogP contribution in [0.4, 0.5) is 10.8 Å². The standard InChI is InChI=1S/C24H21N3O3S/c1-14-9-10-19(11-16(14)3)27(17(4)28)24-25-18(13-31-24)12-21-23(29)30-22(26-21)20-8-6-5-7-15(20)2/h5-13H,1-4H3/b21-12-. The monoisotopic (exact) mass is 431 g/mol. The molecule has 1 aliphatic rings. The summed E-state index contributed by atoms with van der Waals surface area (Å²) in [6, 6.07) is 13.4. The molecule has 3 aromatic rings. The van der Waals surface area contributed by atoms with E-state index in [-0.39, 0.29) is 17.5 Å². The topological polar surface area (TPSA) is 71.9 Å². The van der Waals surface area contributed by atoms with Gasteiger partial charge in [0.05, 0.1) is 11.4 Å². The molecule has 156 valence electrons. The van der Waals surface area contributed by atoms with E-state index in [0.29, 0.717) is 10.8 Å². The van der Waals surface area contributed by atoms with Gasteiger partial charge in [0.15, 0.2) is 10.8 Å². The summed E-state index contributed by atoms with van der Waals surface area (Å²) < 4.78 is 5.35. The van der Waals surface area contributed by atoms with E-state index in [1.165, 1.54) is 18.3 Å². The summed E-state index contributed by atoms with van der Waals surface area (Å²) in [5.74, 6) is -0.382. The lowest BCUT2D eigenvalue weighted by molar-refractivity contribution is -0.130.